The van der Waals surface area contributed by atoms with Crippen LogP contribution in [0.5, 0.6) is 5.75 Å². The highest BCUT2D eigenvalue weighted by Crippen LogP contribution is 2.34. The molecule has 1 atom stereocenters. The number of amides is 1. The average Bonchev–Trinajstić information content (AvgIpc) is 3.37. The molecular formula is C22H22N4O2. The lowest BCUT2D eigenvalue weighted by Gasteiger charge is -2.35. The van der Waals surface area contributed by atoms with Crippen molar-refractivity contribution in [3.05, 3.63) is 72.6 Å². The molecule has 1 aliphatic heterocycles. The molecule has 2 aliphatic rings. The lowest BCUT2D eigenvalue weighted by Crippen LogP contribution is -2.49. The summed E-state index contributed by atoms with van der Waals surface area (Å²) < 4.78 is 7.83. The number of hydrogen-bond acceptors (Lipinski definition) is 4. The Morgan fingerprint density at radius 1 is 1.11 bits per heavy atom. The summed E-state index contributed by atoms with van der Waals surface area (Å²) in [6.07, 6.45) is 5.35. The normalized spacial score (nSPS) is 18.3. The van der Waals surface area contributed by atoms with Gasteiger partial charge in [-0.1, -0.05) is 24.3 Å². The first-order valence-corrected chi connectivity index (χ1v) is 9.66. The van der Waals surface area contributed by atoms with Crippen molar-refractivity contribution >= 4 is 11.6 Å². The minimum absolute atomic E-state index is 0.0176. The Bertz CT molecular complexity index is 964. The van der Waals surface area contributed by atoms with Gasteiger partial charge < -0.3 is 15.0 Å². The molecule has 1 N–H and O–H groups in total. The molecule has 1 unspecified atom stereocenters. The van der Waals surface area contributed by atoms with Crippen LogP contribution in [0.1, 0.15) is 18.4 Å². The fourth-order valence-corrected chi connectivity index (χ4v) is 3.51. The Labute approximate surface area is 163 Å². The van der Waals surface area contributed by atoms with Gasteiger partial charge in [0.2, 0.25) is 0 Å². The second-order valence-corrected chi connectivity index (χ2v) is 7.35. The molecule has 0 saturated heterocycles. The van der Waals surface area contributed by atoms with Gasteiger partial charge in [0.1, 0.15) is 5.75 Å². The molecule has 0 bridgehead atoms. The fraction of sp³-hybridized carbons (Fsp3) is 0.273. The Hall–Kier alpha value is -3.28. The summed E-state index contributed by atoms with van der Waals surface area (Å²) in [5, 5.41) is 7.33. The topological polar surface area (TPSA) is 59.4 Å². The molecule has 1 amide bonds. The Balaban J connectivity index is 1.36. The predicted molar refractivity (Wildman–Crippen MR) is 107 cm³/mol. The van der Waals surface area contributed by atoms with Crippen LogP contribution in [0.4, 0.5) is 5.69 Å². The molecule has 0 radical (unpaired) electrons. The highest BCUT2D eigenvalue weighted by Gasteiger charge is 2.33. The van der Waals surface area contributed by atoms with Crippen LogP contribution < -0.4 is 15.0 Å². The zero-order valence-corrected chi connectivity index (χ0v) is 15.5. The van der Waals surface area contributed by atoms with Gasteiger partial charge in [0.25, 0.3) is 5.91 Å². The van der Waals surface area contributed by atoms with Crippen molar-refractivity contribution < 1.29 is 9.53 Å². The van der Waals surface area contributed by atoms with E-state index in [1.54, 1.807) is 6.20 Å². The van der Waals surface area contributed by atoms with E-state index < -0.39 is 6.10 Å². The van der Waals surface area contributed by atoms with Gasteiger partial charge in [-0.2, -0.15) is 5.10 Å². The molecule has 0 spiro atoms. The number of para-hydroxylation sites is 2. The molecule has 1 aliphatic carbocycles. The number of ether oxygens (including phenoxy) is 1. The van der Waals surface area contributed by atoms with Crippen LogP contribution in [0.2, 0.25) is 0 Å². The maximum atomic E-state index is 12.6. The lowest BCUT2D eigenvalue weighted by atomic mass is 10.1. The first kappa shape index (κ1) is 16.9. The number of anilines is 1. The van der Waals surface area contributed by atoms with E-state index >= 15 is 0 Å². The summed E-state index contributed by atoms with van der Waals surface area (Å²) in [6.45, 7) is 1.25. The number of aromatic nitrogens is 2. The number of hydrogen-bond donors (Lipinski definition) is 1. The van der Waals surface area contributed by atoms with Gasteiger partial charge in [0.15, 0.2) is 6.10 Å². The maximum Gasteiger partial charge on any atom is 0.263 e. The van der Waals surface area contributed by atoms with E-state index in [-0.39, 0.29) is 5.91 Å². The number of carbonyl (C=O) groups excluding carboxylic acids is 1. The largest absolute Gasteiger partial charge is 0.477 e. The standard InChI is InChI=1S/C22H22N4O2/c27-22(24-17-8-9-17)21-15-25(19-4-1-2-5-20(19)28-21)14-16-6-10-18(11-7-16)26-13-3-12-23-26/h1-7,10-13,17,21H,8-9,14-15H2,(H,24,27). The molecule has 2 heterocycles. The Morgan fingerprint density at radius 3 is 2.68 bits per heavy atom. The molecule has 2 aromatic carbocycles. The van der Waals surface area contributed by atoms with Crippen molar-refractivity contribution in [2.24, 2.45) is 0 Å². The van der Waals surface area contributed by atoms with Crippen LogP contribution in [-0.4, -0.2) is 34.4 Å². The third kappa shape index (κ3) is 3.45. The van der Waals surface area contributed by atoms with Gasteiger partial charge in [-0.25, -0.2) is 4.68 Å². The van der Waals surface area contributed by atoms with Crippen LogP contribution in [0.3, 0.4) is 0 Å². The summed E-state index contributed by atoms with van der Waals surface area (Å²) >= 11 is 0. The minimum atomic E-state index is -0.487. The monoisotopic (exact) mass is 374 g/mol. The van der Waals surface area contributed by atoms with E-state index in [9.17, 15) is 4.79 Å². The lowest BCUT2D eigenvalue weighted by molar-refractivity contribution is -0.128. The van der Waals surface area contributed by atoms with E-state index in [0.29, 0.717) is 19.1 Å². The molecule has 1 fully saturated rings. The number of nitrogens with one attached hydrogen (secondary N) is 1. The van der Waals surface area contributed by atoms with Crippen LogP contribution in [0.15, 0.2) is 67.0 Å². The first-order chi connectivity index (χ1) is 13.8. The number of fused-ring (bicyclic) bond motifs is 1. The van der Waals surface area contributed by atoms with Gasteiger partial charge in [-0.3, -0.25) is 4.79 Å². The third-order valence-corrected chi connectivity index (χ3v) is 5.16. The van der Waals surface area contributed by atoms with E-state index in [1.165, 1.54) is 5.56 Å². The average molecular weight is 374 g/mol. The van der Waals surface area contributed by atoms with Crippen molar-refractivity contribution in [3.8, 4) is 11.4 Å². The molecule has 5 rings (SSSR count). The number of benzene rings is 2. The van der Waals surface area contributed by atoms with Crippen molar-refractivity contribution in [1.29, 1.82) is 0 Å². The van der Waals surface area contributed by atoms with Crippen LogP contribution in [0, 0.1) is 0 Å². The quantitative estimate of drug-likeness (QED) is 0.746. The predicted octanol–water partition coefficient (Wildman–Crippen LogP) is 2.92. The molecule has 6 heteroatoms. The Kier molecular flexibility index (Phi) is 4.24. The molecular weight excluding hydrogens is 352 g/mol. The highest BCUT2D eigenvalue weighted by molar-refractivity contribution is 5.83. The van der Waals surface area contributed by atoms with Crippen molar-refractivity contribution in [2.45, 2.75) is 31.5 Å². The number of carbonyl (C=O) groups is 1. The SMILES string of the molecule is O=C(NC1CC1)C1CN(Cc2ccc(-n3cccn3)cc2)c2ccccc2O1. The maximum absolute atomic E-state index is 12.6. The number of rotatable bonds is 5. The van der Waals surface area contributed by atoms with Gasteiger partial charge in [0, 0.05) is 25.0 Å². The summed E-state index contributed by atoms with van der Waals surface area (Å²) in [7, 11) is 0. The molecule has 1 aromatic heterocycles. The van der Waals surface area contributed by atoms with Crippen molar-refractivity contribution in [2.75, 3.05) is 11.4 Å². The van der Waals surface area contributed by atoms with E-state index in [1.807, 2.05) is 41.2 Å². The van der Waals surface area contributed by atoms with Crippen LogP contribution >= 0.6 is 0 Å². The second kappa shape index (κ2) is 7.03. The smallest absolute Gasteiger partial charge is 0.263 e. The highest BCUT2D eigenvalue weighted by atomic mass is 16.5. The van der Waals surface area contributed by atoms with Gasteiger partial charge in [-0.05, 0) is 48.7 Å². The second-order valence-electron chi connectivity index (χ2n) is 7.35. The Morgan fingerprint density at radius 2 is 1.93 bits per heavy atom. The first-order valence-electron chi connectivity index (χ1n) is 9.66. The summed E-state index contributed by atoms with van der Waals surface area (Å²) in [5.41, 5.74) is 3.22. The molecule has 3 aromatic rings. The summed E-state index contributed by atoms with van der Waals surface area (Å²) in [4.78, 5) is 14.8. The zero-order chi connectivity index (χ0) is 18.9. The zero-order valence-electron chi connectivity index (χ0n) is 15.5. The van der Waals surface area contributed by atoms with Crippen LogP contribution in [-0.2, 0) is 11.3 Å². The molecule has 1 saturated carbocycles. The summed E-state index contributed by atoms with van der Waals surface area (Å²) in [5.74, 6) is 0.744. The third-order valence-electron chi connectivity index (χ3n) is 5.16. The van der Waals surface area contributed by atoms with Gasteiger partial charge in [-0.15, -0.1) is 0 Å². The number of nitrogens with zero attached hydrogens (tertiary/aromatic N) is 3. The molecule has 6 nitrogen and oxygen atoms in total. The van der Waals surface area contributed by atoms with Crippen molar-refractivity contribution in [1.82, 2.24) is 15.1 Å². The van der Waals surface area contributed by atoms with E-state index in [0.717, 1.165) is 30.0 Å². The summed E-state index contributed by atoms with van der Waals surface area (Å²) in [6, 6.07) is 18.5. The van der Waals surface area contributed by atoms with Gasteiger partial charge in [0.05, 0.1) is 17.9 Å². The van der Waals surface area contributed by atoms with Crippen molar-refractivity contribution in [3.63, 3.8) is 0 Å². The minimum Gasteiger partial charge on any atom is -0.477 e. The van der Waals surface area contributed by atoms with Gasteiger partial charge >= 0.3 is 0 Å². The van der Waals surface area contributed by atoms with E-state index in [4.69, 9.17) is 4.74 Å². The van der Waals surface area contributed by atoms with E-state index in [2.05, 4.69) is 39.6 Å². The molecule has 142 valence electrons. The molecule has 28 heavy (non-hydrogen) atoms. The fourth-order valence-electron chi connectivity index (χ4n) is 3.51. The van der Waals surface area contributed by atoms with Crippen LogP contribution in [0.25, 0.3) is 5.69 Å².